The van der Waals surface area contributed by atoms with Crippen LogP contribution in [0, 0.1) is 6.92 Å². The number of esters is 1. The molecule has 0 atom stereocenters. The van der Waals surface area contributed by atoms with Crippen LogP contribution in [0.2, 0.25) is 0 Å². The molecule has 0 unspecified atom stereocenters. The van der Waals surface area contributed by atoms with E-state index in [0.717, 1.165) is 21.8 Å². The molecule has 0 spiro atoms. The quantitative estimate of drug-likeness (QED) is 0.279. The summed E-state index contributed by atoms with van der Waals surface area (Å²) in [5.41, 5.74) is 5.97. The molecule has 31 heavy (non-hydrogen) atoms. The van der Waals surface area contributed by atoms with Crippen molar-refractivity contribution in [1.82, 2.24) is 14.8 Å². The molecule has 0 saturated carbocycles. The van der Waals surface area contributed by atoms with E-state index < -0.39 is 0 Å². The Morgan fingerprint density at radius 1 is 1.13 bits per heavy atom. The van der Waals surface area contributed by atoms with E-state index in [2.05, 4.69) is 59.9 Å². The zero-order valence-corrected chi connectivity index (χ0v) is 18.3. The first-order chi connectivity index (χ1) is 15.1. The van der Waals surface area contributed by atoms with Crippen LogP contribution in [0.5, 0.6) is 0 Å². The maximum Gasteiger partial charge on any atom is 0.341 e. The van der Waals surface area contributed by atoms with Gasteiger partial charge in [-0.2, -0.15) is 5.10 Å². The molecule has 0 aliphatic heterocycles. The Hall–Kier alpha value is -3.51. The summed E-state index contributed by atoms with van der Waals surface area (Å²) in [4.78, 5) is 16.6. The van der Waals surface area contributed by atoms with Gasteiger partial charge >= 0.3 is 5.97 Å². The first-order valence-electron chi connectivity index (χ1n) is 10.1. The molecule has 0 fully saturated rings. The summed E-state index contributed by atoms with van der Waals surface area (Å²) in [6.07, 6.45) is 7.46. The summed E-state index contributed by atoms with van der Waals surface area (Å²) in [6, 6.07) is 16.7. The number of thiazole rings is 1. The second-order valence-electron chi connectivity index (χ2n) is 7.15. The third kappa shape index (κ3) is 5.35. The van der Waals surface area contributed by atoms with Crippen LogP contribution in [0.1, 0.15) is 39.0 Å². The third-order valence-electron chi connectivity index (χ3n) is 4.66. The van der Waals surface area contributed by atoms with Gasteiger partial charge in [0.15, 0.2) is 0 Å². The first kappa shape index (κ1) is 20.8. The van der Waals surface area contributed by atoms with E-state index in [-0.39, 0.29) is 5.97 Å². The Balaban J connectivity index is 1.50. The number of hydrogen-bond acceptors (Lipinski definition) is 5. The Bertz CT molecular complexity index is 1210. The number of carbonyl (C=O) groups excluding carboxylic acids is 1. The van der Waals surface area contributed by atoms with E-state index in [9.17, 15) is 4.79 Å². The van der Waals surface area contributed by atoms with Crippen LogP contribution in [0.15, 0.2) is 66.3 Å². The molecule has 0 bridgehead atoms. The van der Waals surface area contributed by atoms with E-state index in [1.807, 2.05) is 18.2 Å². The minimum absolute atomic E-state index is 0.346. The van der Waals surface area contributed by atoms with E-state index in [4.69, 9.17) is 9.72 Å². The highest BCUT2D eigenvalue weighted by atomic mass is 32.1. The van der Waals surface area contributed by atoms with Gasteiger partial charge in [0.25, 0.3) is 0 Å². The van der Waals surface area contributed by atoms with Gasteiger partial charge in [-0.3, -0.25) is 4.68 Å². The van der Waals surface area contributed by atoms with E-state index >= 15 is 0 Å². The van der Waals surface area contributed by atoms with E-state index in [1.165, 1.54) is 17.3 Å². The minimum Gasteiger partial charge on any atom is -0.462 e. The van der Waals surface area contributed by atoms with Crippen molar-refractivity contribution >= 4 is 29.5 Å². The lowest BCUT2D eigenvalue weighted by atomic mass is 10.0. The Morgan fingerprint density at radius 2 is 1.94 bits per heavy atom. The second kappa shape index (κ2) is 9.53. The van der Waals surface area contributed by atoms with Gasteiger partial charge in [-0.15, -0.1) is 11.3 Å². The summed E-state index contributed by atoms with van der Waals surface area (Å²) in [5, 5.41) is 7.24. The van der Waals surface area contributed by atoms with Gasteiger partial charge in [-0.1, -0.05) is 48.6 Å². The number of aromatic nitrogens is 3. The summed E-state index contributed by atoms with van der Waals surface area (Å²) in [6.45, 7) is 4.74. The van der Waals surface area contributed by atoms with Gasteiger partial charge in [0.1, 0.15) is 5.01 Å². The number of hydrogen-bond donors (Lipinski definition) is 0. The number of rotatable bonds is 7. The van der Waals surface area contributed by atoms with Crippen molar-refractivity contribution in [3.05, 3.63) is 93.6 Å². The number of carbonyl (C=O) groups is 1. The first-order valence-corrected chi connectivity index (χ1v) is 11.0. The van der Waals surface area contributed by atoms with Crippen molar-refractivity contribution in [2.75, 3.05) is 6.61 Å². The molecule has 0 aliphatic carbocycles. The molecule has 0 radical (unpaired) electrons. The fourth-order valence-electron chi connectivity index (χ4n) is 3.24. The number of nitrogens with zero attached hydrogens (tertiary/aromatic N) is 3. The van der Waals surface area contributed by atoms with Gasteiger partial charge in [-0.25, -0.2) is 9.78 Å². The van der Waals surface area contributed by atoms with Crippen molar-refractivity contribution in [2.24, 2.45) is 0 Å². The lowest BCUT2D eigenvalue weighted by Gasteiger charge is -2.03. The molecule has 156 valence electrons. The summed E-state index contributed by atoms with van der Waals surface area (Å²) < 4.78 is 6.72. The van der Waals surface area contributed by atoms with Gasteiger partial charge in [-0.05, 0) is 42.7 Å². The summed E-state index contributed by atoms with van der Waals surface area (Å²) >= 11 is 1.58. The molecular weight excluding hydrogens is 406 g/mol. The Labute approximate surface area is 185 Å². The SMILES string of the molecule is CCOC(=O)c1cnn(Cc2nc(-c3cc(C)cc(/C=C/c4ccccc4)c3)cs2)c1. The highest BCUT2D eigenvalue weighted by molar-refractivity contribution is 7.09. The van der Waals surface area contributed by atoms with Crippen LogP contribution in [0.25, 0.3) is 23.4 Å². The zero-order chi connectivity index (χ0) is 21.6. The maximum atomic E-state index is 11.8. The number of benzene rings is 2. The molecule has 6 heteroatoms. The van der Waals surface area contributed by atoms with Crippen LogP contribution in [-0.2, 0) is 11.3 Å². The van der Waals surface area contributed by atoms with Crippen LogP contribution in [0.4, 0.5) is 0 Å². The third-order valence-corrected chi connectivity index (χ3v) is 5.49. The standard InChI is InChI=1S/C25H23N3O2S/c1-3-30-25(29)22-14-26-28(15-22)16-24-27-23(17-31-24)21-12-18(2)11-20(13-21)10-9-19-7-5-4-6-8-19/h4-15,17H,3,16H2,1-2H3/b10-9+. The van der Waals surface area contributed by atoms with Gasteiger partial charge < -0.3 is 4.74 Å². The molecule has 2 aromatic heterocycles. The lowest BCUT2D eigenvalue weighted by Crippen LogP contribution is -2.04. The largest absolute Gasteiger partial charge is 0.462 e. The van der Waals surface area contributed by atoms with Crippen LogP contribution < -0.4 is 0 Å². The number of ether oxygens (including phenoxy) is 1. The fourth-order valence-corrected chi connectivity index (χ4v) is 4.03. The average Bonchev–Trinajstić information content (AvgIpc) is 3.43. The maximum absolute atomic E-state index is 11.8. The highest BCUT2D eigenvalue weighted by Gasteiger charge is 2.11. The normalized spacial score (nSPS) is 11.2. The van der Waals surface area contributed by atoms with Crippen LogP contribution >= 0.6 is 11.3 Å². The number of aryl methyl sites for hydroxylation is 1. The van der Waals surface area contributed by atoms with E-state index in [0.29, 0.717) is 18.7 Å². The Kier molecular flexibility index (Phi) is 6.38. The molecule has 0 N–H and O–H groups in total. The van der Waals surface area contributed by atoms with Crippen molar-refractivity contribution in [3.8, 4) is 11.3 Å². The Morgan fingerprint density at radius 3 is 2.74 bits per heavy atom. The van der Waals surface area contributed by atoms with Gasteiger partial charge in [0.05, 0.1) is 30.6 Å². The topological polar surface area (TPSA) is 57.0 Å². The minimum atomic E-state index is -0.357. The molecule has 4 rings (SSSR count). The summed E-state index contributed by atoms with van der Waals surface area (Å²) in [5.74, 6) is -0.357. The molecule has 5 nitrogen and oxygen atoms in total. The van der Waals surface area contributed by atoms with Crippen molar-refractivity contribution in [3.63, 3.8) is 0 Å². The summed E-state index contributed by atoms with van der Waals surface area (Å²) in [7, 11) is 0. The van der Waals surface area contributed by atoms with Crippen LogP contribution in [0.3, 0.4) is 0 Å². The molecule has 0 aliphatic rings. The molecule has 0 amide bonds. The molecular formula is C25H23N3O2S. The average molecular weight is 430 g/mol. The fraction of sp³-hybridized carbons (Fsp3) is 0.160. The predicted octanol–water partition coefficient (Wildman–Crippen LogP) is 5.71. The molecule has 2 aromatic carbocycles. The van der Waals surface area contributed by atoms with Gasteiger partial charge in [0.2, 0.25) is 0 Å². The molecule has 2 heterocycles. The monoisotopic (exact) mass is 429 g/mol. The smallest absolute Gasteiger partial charge is 0.341 e. The van der Waals surface area contributed by atoms with Gasteiger partial charge in [0, 0.05) is 17.1 Å². The van der Waals surface area contributed by atoms with Crippen molar-refractivity contribution in [1.29, 1.82) is 0 Å². The van der Waals surface area contributed by atoms with Crippen molar-refractivity contribution in [2.45, 2.75) is 20.4 Å². The van der Waals surface area contributed by atoms with Crippen molar-refractivity contribution < 1.29 is 9.53 Å². The molecule has 0 saturated heterocycles. The van der Waals surface area contributed by atoms with Crippen LogP contribution in [-0.4, -0.2) is 27.3 Å². The lowest BCUT2D eigenvalue weighted by molar-refractivity contribution is 0.0526. The highest BCUT2D eigenvalue weighted by Crippen LogP contribution is 2.25. The van der Waals surface area contributed by atoms with E-state index in [1.54, 1.807) is 29.1 Å². The second-order valence-corrected chi connectivity index (χ2v) is 8.09. The predicted molar refractivity (Wildman–Crippen MR) is 125 cm³/mol. The molecule has 4 aromatic rings. The zero-order valence-electron chi connectivity index (χ0n) is 17.5.